The van der Waals surface area contributed by atoms with Crippen molar-refractivity contribution in [2.75, 3.05) is 19.4 Å². The molecule has 0 heterocycles. The fraction of sp³-hybridized carbons (Fsp3) is 0.970. The van der Waals surface area contributed by atoms with Crippen LogP contribution < -0.4 is 0 Å². The number of hydrogen-bond donors (Lipinski definition) is 0. The monoisotopic (exact) mass is 618 g/mol. The number of unbranched alkanes of at least 4 members (excludes halogenated alkanes) is 7. The Morgan fingerprint density at radius 3 is 1.51 bits per heavy atom. The van der Waals surface area contributed by atoms with Crippen molar-refractivity contribution in [1.82, 2.24) is 0 Å². The standard InChI is InChI=1S/C33H63O6PS/c1-3-5-7-8-9-20-28-38-41(35,36)39-40(30-21-13-10-14-22-30,31-23-15-11-16-24-31,32-25-17-12-18-26-32)29-33(34)37-27-19-6-4-2/h30-32H,3-29H2,1-2H3. The Labute approximate surface area is 253 Å². The van der Waals surface area contributed by atoms with Gasteiger partial charge in [0.2, 0.25) is 0 Å². The van der Waals surface area contributed by atoms with E-state index in [9.17, 15) is 13.2 Å². The summed E-state index contributed by atoms with van der Waals surface area (Å²) in [6.07, 6.45) is 25.5. The van der Waals surface area contributed by atoms with Crippen LogP contribution >= 0.6 is 6.83 Å². The van der Waals surface area contributed by atoms with Gasteiger partial charge in [0.15, 0.2) is 0 Å². The molecule has 3 aliphatic rings. The molecule has 0 amide bonds. The van der Waals surface area contributed by atoms with Gasteiger partial charge < -0.3 is 0 Å². The van der Waals surface area contributed by atoms with Crippen molar-refractivity contribution in [3.63, 3.8) is 0 Å². The summed E-state index contributed by atoms with van der Waals surface area (Å²) in [6, 6.07) is 0. The first-order chi connectivity index (χ1) is 19.9. The molecule has 3 aliphatic carbocycles. The van der Waals surface area contributed by atoms with Gasteiger partial charge in [-0.25, -0.2) is 0 Å². The molecule has 0 aromatic carbocycles. The molecule has 0 N–H and O–H groups in total. The summed E-state index contributed by atoms with van der Waals surface area (Å²) < 4.78 is 46.7. The van der Waals surface area contributed by atoms with Crippen LogP contribution in [-0.2, 0) is 28.1 Å². The first kappa shape index (κ1) is 35.3. The van der Waals surface area contributed by atoms with E-state index in [0.717, 1.165) is 116 Å². The van der Waals surface area contributed by atoms with Crippen molar-refractivity contribution >= 4 is 23.2 Å². The van der Waals surface area contributed by atoms with Crippen LogP contribution in [0.1, 0.15) is 168 Å². The van der Waals surface area contributed by atoms with Crippen LogP contribution in [0, 0.1) is 0 Å². The first-order valence-corrected chi connectivity index (χ1v) is 21.5. The topological polar surface area (TPSA) is 78.9 Å². The van der Waals surface area contributed by atoms with Crippen LogP contribution in [0.2, 0.25) is 0 Å². The second-order valence-electron chi connectivity index (χ2n) is 13.5. The molecule has 3 rings (SSSR count). The molecule has 8 heteroatoms. The number of carbonyl (C=O) groups excluding carboxylic acids is 1. The third kappa shape index (κ3) is 9.63. The Balaban J connectivity index is 1.99. The molecule has 0 radical (unpaired) electrons. The summed E-state index contributed by atoms with van der Waals surface area (Å²) in [7, 11) is -4.27. The molecule has 3 fully saturated rings. The molecule has 41 heavy (non-hydrogen) atoms. The Morgan fingerprint density at radius 1 is 0.610 bits per heavy atom. The number of hydrogen-bond acceptors (Lipinski definition) is 6. The van der Waals surface area contributed by atoms with E-state index in [1.807, 2.05) is 0 Å². The number of rotatable bonds is 19. The molecule has 0 atom stereocenters. The van der Waals surface area contributed by atoms with Crippen LogP contribution in [0.3, 0.4) is 0 Å². The third-order valence-electron chi connectivity index (χ3n) is 10.7. The first-order valence-electron chi connectivity index (χ1n) is 17.6. The molecular weight excluding hydrogens is 555 g/mol. The van der Waals surface area contributed by atoms with E-state index >= 15 is 0 Å². The molecule has 0 unspecified atom stereocenters. The zero-order valence-electron chi connectivity index (χ0n) is 26.6. The molecule has 0 bridgehead atoms. The SMILES string of the molecule is CCCCCCCCOS(=O)(=O)OP(CC(=O)OCCCCC)(C1CCCCC1)(C1CCCCC1)C1CCCCC1. The van der Waals surface area contributed by atoms with Gasteiger partial charge >= 0.3 is 254 Å². The molecule has 0 aliphatic heterocycles. The van der Waals surface area contributed by atoms with Crippen molar-refractivity contribution in [3.8, 4) is 0 Å². The van der Waals surface area contributed by atoms with Gasteiger partial charge in [0.05, 0.1) is 0 Å². The number of carbonyl (C=O) groups is 1. The molecular formula is C33H63O6PS. The van der Waals surface area contributed by atoms with Crippen molar-refractivity contribution in [1.29, 1.82) is 0 Å². The third-order valence-corrected chi connectivity index (χ3v) is 20.8. The average molecular weight is 619 g/mol. The summed E-state index contributed by atoms with van der Waals surface area (Å²) in [5.41, 5.74) is 0.449. The van der Waals surface area contributed by atoms with Crippen molar-refractivity contribution in [2.45, 2.75) is 185 Å². The van der Waals surface area contributed by atoms with Gasteiger partial charge in [-0.05, 0) is 0 Å². The molecule has 0 saturated heterocycles. The molecule has 0 aromatic rings. The average Bonchev–Trinajstić information content (AvgIpc) is 3.00. The Bertz CT molecular complexity index is 795. The zero-order valence-corrected chi connectivity index (χ0v) is 28.3. The maximum absolute atomic E-state index is 14.0. The quantitative estimate of drug-likeness (QED) is 0.0814. The minimum absolute atomic E-state index is 0.150. The fourth-order valence-corrected chi connectivity index (χ4v) is 20.4. The Hall–Kier alpha value is -0.230. The summed E-state index contributed by atoms with van der Waals surface area (Å²) in [4.78, 5) is 13.9. The predicted octanol–water partition coefficient (Wildman–Crippen LogP) is 9.82. The summed E-state index contributed by atoms with van der Waals surface area (Å²) in [5, 5.41) is 0. The van der Waals surface area contributed by atoms with E-state index < -0.39 is 17.2 Å². The van der Waals surface area contributed by atoms with E-state index in [4.69, 9.17) is 12.9 Å². The molecule has 3 saturated carbocycles. The van der Waals surface area contributed by atoms with Gasteiger partial charge in [-0.2, -0.15) is 0 Å². The van der Waals surface area contributed by atoms with Crippen LogP contribution in [0.5, 0.6) is 0 Å². The van der Waals surface area contributed by atoms with Crippen molar-refractivity contribution < 1.29 is 26.1 Å². The van der Waals surface area contributed by atoms with E-state index in [0.29, 0.717) is 6.61 Å². The summed E-state index contributed by atoms with van der Waals surface area (Å²) in [5.74, 6) is -0.216. The normalized spacial score (nSPS) is 21.4. The van der Waals surface area contributed by atoms with Gasteiger partial charge in [0.1, 0.15) is 0 Å². The van der Waals surface area contributed by atoms with E-state index in [1.54, 1.807) is 0 Å². The van der Waals surface area contributed by atoms with E-state index in [-0.39, 0.29) is 35.7 Å². The summed E-state index contributed by atoms with van der Waals surface area (Å²) >= 11 is 0. The van der Waals surface area contributed by atoms with E-state index in [1.165, 1.54) is 38.5 Å². The molecule has 242 valence electrons. The van der Waals surface area contributed by atoms with Crippen molar-refractivity contribution in [2.24, 2.45) is 0 Å². The van der Waals surface area contributed by atoms with Gasteiger partial charge in [-0.1, -0.05) is 0 Å². The molecule has 0 spiro atoms. The van der Waals surface area contributed by atoms with Crippen molar-refractivity contribution in [3.05, 3.63) is 0 Å². The molecule has 6 nitrogen and oxygen atoms in total. The fourth-order valence-electron chi connectivity index (χ4n) is 8.64. The van der Waals surface area contributed by atoms with Gasteiger partial charge in [-0.15, -0.1) is 0 Å². The number of ether oxygens (including phenoxy) is 1. The van der Waals surface area contributed by atoms with Gasteiger partial charge in [0, 0.05) is 0 Å². The predicted molar refractivity (Wildman–Crippen MR) is 172 cm³/mol. The maximum atomic E-state index is 14.0. The second-order valence-corrected chi connectivity index (χ2v) is 20.5. The minimum atomic E-state index is -4.27. The van der Waals surface area contributed by atoms with Gasteiger partial charge in [-0.3, -0.25) is 0 Å². The van der Waals surface area contributed by atoms with Crippen LogP contribution in [0.4, 0.5) is 0 Å². The van der Waals surface area contributed by atoms with Gasteiger partial charge in [0.25, 0.3) is 0 Å². The van der Waals surface area contributed by atoms with Crippen LogP contribution in [-0.4, -0.2) is 50.7 Å². The zero-order chi connectivity index (χ0) is 29.5. The number of esters is 1. The Morgan fingerprint density at radius 2 is 1.02 bits per heavy atom. The Kier molecular flexibility index (Phi) is 15.4. The summed E-state index contributed by atoms with van der Waals surface area (Å²) in [6.45, 7) is 1.22. The van der Waals surface area contributed by atoms with E-state index in [2.05, 4.69) is 13.8 Å². The second kappa shape index (κ2) is 17.9. The van der Waals surface area contributed by atoms with Crippen LogP contribution in [0.15, 0.2) is 0 Å². The van der Waals surface area contributed by atoms with Crippen LogP contribution in [0.25, 0.3) is 0 Å². The molecule has 0 aromatic heterocycles.